The normalized spacial score (nSPS) is 11.2. The van der Waals surface area contributed by atoms with E-state index in [-0.39, 0.29) is 23.5 Å². The first-order chi connectivity index (χ1) is 12.5. The molecule has 0 saturated heterocycles. The van der Waals surface area contributed by atoms with Gasteiger partial charge in [-0.2, -0.15) is 13.2 Å². The number of alkyl halides is 3. The van der Waals surface area contributed by atoms with Crippen molar-refractivity contribution < 1.29 is 27.6 Å². The number of Topliss-reactive ketones (excluding diaryl/α,β-unsaturated/α-hetero) is 1. The van der Waals surface area contributed by atoms with E-state index in [1.165, 1.54) is 38.4 Å². The Morgan fingerprint density at radius 1 is 1.11 bits per heavy atom. The van der Waals surface area contributed by atoms with Gasteiger partial charge in [0.05, 0.1) is 16.9 Å². The second-order valence-corrected chi connectivity index (χ2v) is 7.01. The maximum absolute atomic E-state index is 13.1. The number of rotatable bonds is 5. The fourth-order valence-corrected chi connectivity index (χ4v) is 3.10. The first-order valence-electron chi connectivity index (χ1n) is 7.79. The lowest BCUT2D eigenvalue weighted by Gasteiger charge is -2.15. The molecule has 0 saturated carbocycles. The summed E-state index contributed by atoms with van der Waals surface area (Å²) in [5, 5.41) is 4.03. The number of nitrogens with zero attached hydrogens (tertiary/aromatic N) is 1. The Bertz CT molecular complexity index is 888. The number of thiophene rings is 1. The number of anilines is 1. The molecule has 0 spiro atoms. The van der Waals surface area contributed by atoms with Crippen LogP contribution in [0.1, 0.15) is 38.1 Å². The Balaban J connectivity index is 2.25. The minimum Gasteiger partial charge on any atom is -0.345 e. The summed E-state index contributed by atoms with van der Waals surface area (Å²) in [5.41, 5.74) is -0.749. The molecule has 0 aliphatic heterocycles. The van der Waals surface area contributed by atoms with Crippen molar-refractivity contribution in [1.29, 1.82) is 0 Å². The number of benzene rings is 1. The van der Waals surface area contributed by atoms with Gasteiger partial charge >= 0.3 is 6.18 Å². The topological polar surface area (TPSA) is 66.5 Å². The van der Waals surface area contributed by atoms with Crippen LogP contribution in [0.3, 0.4) is 0 Å². The van der Waals surface area contributed by atoms with Crippen LogP contribution >= 0.6 is 11.3 Å². The molecule has 0 bridgehead atoms. The molecule has 27 heavy (non-hydrogen) atoms. The van der Waals surface area contributed by atoms with Crippen molar-refractivity contribution in [3.05, 3.63) is 51.2 Å². The SMILES string of the molecule is CC(=O)c1cc(CC(=O)Nc2cc(C(=O)N(C)C)cc(C(F)(F)F)c2)cs1. The number of hydrogen-bond donors (Lipinski definition) is 1. The lowest BCUT2D eigenvalue weighted by Crippen LogP contribution is -2.23. The van der Waals surface area contributed by atoms with Gasteiger partial charge in [0.1, 0.15) is 0 Å². The molecule has 9 heteroatoms. The van der Waals surface area contributed by atoms with E-state index in [9.17, 15) is 27.6 Å². The molecule has 5 nitrogen and oxygen atoms in total. The highest BCUT2D eigenvalue weighted by Gasteiger charge is 2.32. The van der Waals surface area contributed by atoms with Crippen LogP contribution in [-0.2, 0) is 17.4 Å². The minimum absolute atomic E-state index is 0.100. The number of amides is 2. The second kappa shape index (κ2) is 7.91. The van der Waals surface area contributed by atoms with Gasteiger partial charge in [0.2, 0.25) is 5.91 Å². The predicted molar refractivity (Wildman–Crippen MR) is 96.1 cm³/mol. The summed E-state index contributed by atoms with van der Waals surface area (Å²) in [4.78, 5) is 37.1. The molecule has 144 valence electrons. The first kappa shape index (κ1) is 20.6. The summed E-state index contributed by atoms with van der Waals surface area (Å²) >= 11 is 1.19. The van der Waals surface area contributed by atoms with Crippen molar-refractivity contribution in [3.63, 3.8) is 0 Å². The van der Waals surface area contributed by atoms with Crippen LogP contribution in [0.25, 0.3) is 0 Å². The van der Waals surface area contributed by atoms with Crippen molar-refractivity contribution in [2.24, 2.45) is 0 Å². The molecule has 1 aromatic heterocycles. The second-order valence-electron chi connectivity index (χ2n) is 6.10. The van der Waals surface area contributed by atoms with E-state index < -0.39 is 23.6 Å². The number of ketones is 1. The zero-order valence-electron chi connectivity index (χ0n) is 14.8. The van der Waals surface area contributed by atoms with E-state index in [0.29, 0.717) is 10.4 Å². The van der Waals surface area contributed by atoms with E-state index in [2.05, 4.69) is 5.32 Å². The Hall–Kier alpha value is -2.68. The van der Waals surface area contributed by atoms with Crippen LogP contribution in [0.15, 0.2) is 29.6 Å². The van der Waals surface area contributed by atoms with Gasteiger partial charge in [0.15, 0.2) is 5.78 Å². The molecule has 2 amide bonds. The fraction of sp³-hybridized carbons (Fsp3) is 0.278. The fourth-order valence-electron chi connectivity index (χ4n) is 2.29. The van der Waals surface area contributed by atoms with Gasteiger partial charge in [0.25, 0.3) is 5.91 Å². The Morgan fingerprint density at radius 2 is 1.78 bits per heavy atom. The lowest BCUT2D eigenvalue weighted by molar-refractivity contribution is -0.137. The molecular weight excluding hydrogens is 381 g/mol. The monoisotopic (exact) mass is 398 g/mol. The van der Waals surface area contributed by atoms with Gasteiger partial charge in [-0.1, -0.05) is 0 Å². The number of halogens is 3. The van der Waals surface area contributed by atoms with Crippen LogP contribution in [0.2, 0.25) is 0 Å². The molecule has 2 rings (SSSR count). The lowest BCUT2D eigenvalue weighted by atomic mass is 10.1. The quantitative estimate of drug-likeness (QED) is 0.778. The molecule has 0 aliphatic rings. The predicted octanol–water partition coefficient (Wildman–Crippen LogP) is 3.85. The van der Waals surface area contributed by atoms with E-state index in [1.807, 2.05) is 0 Å². The number of carbonyl (C=O) groups excluding carboxylic acids is 3. The van der Waals surface area contributed by atoms with Crippen LogP contribution in [-0.4, -0.2) is 36.6 Å². The van der Waals surface area contributed by atoms with Crippen molar-refractivity contribution in [2.45, 2.75) is 19.5 Å². The molecule has 1 heterocycles. The van der Waals surface area contributed by atoms with Gasteiger partial charge in [-0.15, -0.1) is 11.3 Å². The summed E-state index contributed by atoms with van der Waals surface area (Å²) in [6.45, 7) is 1.40. The molecule has 0 aliphatic carbocycles. The average Bonchev–Trinajstić information content (AvgIpc) is 3.01. The van der Waals surface area contributed by atoms with Gasteiger partial charge in [-0.25, -0.2) is 0 Å². The zero-order valence-corrected chi connectivity index (χ0v) is 15.6. The third-order valence-electron chi connectivity index (χ3n) is 3.56. The van der Waals surface area contributed by atoms with Crippen LogP contribution in [0.4, 0.5) is 18.9 Å². The highest BCUT2D eigenvalue weighted by Crippen LogP contribution is 2.32. The van der Waals surface area contributed by atoms with E-state index in [0.717, 1.165) is 17.0 Å². The number of hydrogen-bond acceptors (Lipinski definition) is 4. The number of carbonyl (C=O) groups is 3. The van der Waals surface area contributed by atoms with Crippen molar-refractivity contribution in [2.75, 3.05) is 19.4 Å². The molecule has 1 aromatic carbocycles. The van der Waals surface area contributed by atoms with E-state index >= 15 is 0 Å². The van der Waals surface area contributed by atoms with E-state index in [4.69, 9.17) is 0 Å². The van der Waals surface area contributed by atoms with Gasteiger partial charge in [-0.3, -0.25) is 14.4 Å². The summed E-state index contributed by atoms with van der Waals surface area (Å²) < 4.78 is 39.3. The molecule has 1 N–H and O–H groups in total. The average molecular weight is 398 g/mol. The molecule has 2 aromatic rings. The molecule has 0 atom stereocenters. The molecular formula is C18H17F3N2O3S. The summed E-state index contributed by atoms with van der Waals surface area (Å²) in [5.74, 6) is -1.29. The zero-order chi connectivity index (χ0) is 20.4. The molecule has 0 fully saturated rings. The van der Waals surface area contributed by atoms with Crippen LogP contribution < -0.4 is 5.32 Å². The standard InChI is InChI=1S/C18H17F3N2O3S/c1-10(24)15-4-11(9-27-15)5-16(25)22-14-7-12(17(26)23(2)3)6-13(8-14)18(19,20)21/h4,6-9H,5H2,1-3H3,(H,22,25). The summed E-state index contributed by atoms with van der Waals surface area (Å²) in [6.07, 6.45) is -4.76. The van der Waals surface area contributed by atoms with Crippen molar-refractivity contribution >= 4 is 34.6 Å². The number of nitrogens with one attached hydrogen (secondary N) is 1. The van der Waals surface area contributed by atoms with Crippen molar-refractivity contribution in [3.8, 4) is 0 Å². The largest absolute Gasteiger partial charge is 0.416 e. The van der Waals surface area contributed by atoms with Crippen LogP contribution in [0, 0.1) is 0 Å². The molecule has 0 radical (unpaired) electrons. The summed E-state index contributed by atoms with van der Waals surface area (Å²) in [6, 6.07) is 4.29. The Morgan fingerprint density at radius 3 is 2.30 bits per heavy atom. The highest BCUT2D eigenvalue weighted by atomic mass is 32.1. The van der Waals surface area contributed by atoms with Crippen LogP contribution in [0.5, 0.6) is 0 Å². The van der Waals surface area contributed by atoms with Crippen molar-refractivity contribution in [1.82, 2.24) is 4.90 Å². The Kier molecular flexibility index (Phi) is 6.04. The minimum atomic E-state index is -4.66. The smallest absolute Gasteiger partial charge is 0.345 e. The maximum atomic E-state index is 13.1. The summed E-state index contributed by atoms with van der Waals surface area (Å²) in [7, 11) is 2.84. The van der Waals surface area contributed by atoms with Gasteiger partial charge < -0.3 is 10.2 Å². The third-order valence-corrected chi connectivity index (χ3v) is 4.64. The third kappa shape index (κ3) is 5.40. The first-order valence-corrected chi connectivity index (χ1v) is 8.67. The van der Waals surface area contributed by atoms with Gasteiger partial charge in [-0.05, 0) is 42.1 Å². The van der Waals surface area contributed by atoms with E-state index in [1.54, 1.807) is 11.4 Å². The molecule has 0 unspecified atom stereocenters. The van der Waals surface area contributed by atoms with Gasteiger partial charge in [0, 0.05) is 25.3 Å². The maximum Gasteiger partial charge on any atom is 0.416 e. The Labute approximate surface area is 157 Å². The highest BCUT2D eigenvalue weighted by molar-refractivity contribution is 7.12.